The maximum absolute atomic E-state index is 11.3. The normalized spacial score (nSPS) is 11.6. The van der Waals surface area contributed by atoms with Crippen LogP contribution in [0.5, 0.6) is 0 Å². The summed E-state index contributed by atoms with van der Waals surface area (Å²) in [5.41, 5.74) is 7.25. The predicted octanol–water partition coefficient (Wildman–Crippen LogP) is 1.07. The van der Waals surface area contributed by atoms with Gasteiger partial charge in [-0.1, -0.05) is 12.1 Å². The van der Waals surface area contributed by atoms with Crippen LogP contribution in [0.2, 0.25) is 0 Å². The summed E-state index contributed by atoms with van der Waals surface area (Å²) in [6.07, 6.45) is 1.18. The minimum absolute atomic E-state index is 0.296. The minimum atomic E-state index is -3.16. The van der Waals surface area contributed by atoms with E-state index in [9.17, 15) is 8.42 Å². The van der Waals surface area contributed by atoms with Crippen molar-refractivity contribution in [2.75, 3.05) is 12.0 Å². The van der Waals surface area contributed by atoms with Gasteiger partial charge in [-0.15, -0.1) is 0 Å². The standard InChI is InChI=1S/C11H13N3O2S/c1-14-11(12)7-10(13-14)8-3-5-9(6-4-8)17(2,15)16/h3-7H,12H2,1-2H3. The highest BCUT2D eigenvalue weighted by atomic mass is 32.2. The lowest BCUT2D eigenvalue weighted by molar-refractivity contribution is 0.602. The maximum atomic E-state index is 11.3. The first-order valence-corrected chi connectivity index (χ1v) is 6.87. The van der Waals surface area contributed by atoms with Gasteiger partial charge in [-0.25, -0.2) is 8.42 Å². The molecule has 0 aliphatic carbocycles. The van der Waals surface area contributed by atoms with E-state index in [0.717, 1.165) is 11.3 Å². The molecule has 1 aromatic carbocycles. The van der Waals surface area contributed by atoms with Crippen molar-refractivity contribution in [2.45, 2.75) is 4.90 Å². The Morgan fingerprint density at radius 3 is 2.24 bits per heavy atom. The van der Waals surface area contributed by atoms with Gasteiger partial charge in [-0.05, 0) is 12.1 Å². The lowest BCUT2D eigenvalue weighted by atomic mass is 10.1. The van der Waals surface area contributed by atoms with Gasteiger partial charge in [0.1, 0.15) is 5.82 Å². The molecule has 1 heterocycles. The number of anilines is 1. The lowest BCUT2D eigenvalue weighted by Gasteiger charge is -1.99. The first-order valence-electron chi connectivity index (χ1n) is 4.98. The molecule has 0 spiro atoms. The highest BCUT2D eigenvalue weighted by molar-refractivity contribution is 7.90. The van der Waals surface area contributed by atoms with Crippen molar-refractivity contribution < 1.29 is 8.42 Å². The van der Waals surface area contributed by atoms with Crippen molar-refractivity contribution in [1.82, 2.24) is 9.78 Å². The summed E-state index contributed by atoms with van der Waals surface area (Å²) in [5.74, 6) is 0.562. The van der Waals surface area contributed by atoms with E-state index >= 15 is 0 Å². The van der Waals surface area contributed by atoms with Gasteiger partial charge in [-0.2, -0.15) is 5.10 Å². The number of sulfone groups is 1. The molecule has 0 atom stereocenters. The zero-order valence-electron chi connectivity index (χ0n) is 9.58. The number of benzene rings is 1. The van der Waals surface area contributed by atoms with Crippen molar-refractivity contribution in [2.24, 2.45) is 7.05 Å². The molecule has 0 unspecified atom stereocenters. The highest BCUT2D eigenvalue weighted by Gasteiger charge is 2.08. The fourth-order valence-electron chi connectivity index (χ4n) is 1.50. The van der Waals surface area contributed by atoms with Crippen LogP contribution in [0.1, 0.15) is 0 Å². The molecule has 0 aliphatic heterocycles. The molecule has 0 bridgehead atoms. The number of nitrogens with two attached hydrogens (primary N) is 1. The number of aryl methyl sites for hydroxylation is 1. The van der Waals surface area contributed by atoms with Crippen molar-refractivity contribution in [3.05, 3.63) is 30.3 Å². The topological polar surface area (TPSA) is 78.0 Å². The minimum Gasteiger partial charge on any atom is -0.384 e. The maximum Gasteiger partial charge on any atom is 0.175 e. The molecule has 2 rings (SSSR count). The van der Waals surface area contributed by atoms with Gasteiger partial charge in [0.25, 0.3) is 0 Å². The molecule has 0 fully saturated rings. The molecule has 2 aromatic rings. The van der Waals surface area contributed by atoms with Crippen LogP contribution in [-0.4, -0.2) is 24.5 Å². The molecule has 0 saturated heterocycles. The number of aromatic nitrogens is 2. The fraction of sp³-hybridized carbons (Fsp3) is 0.182. The van der Waals surface area contributed by atoms with Crippen LogP contribution in [0, 0.1) is 0 Å². The van der Waals surface area contributed by atoms with E-state index in [1.54, 1.807) is 42.1 Å². The van der Waals surface area contributed by atoms with Crippen LogP contribution in [-0.2, 0) is 16.9 Å². The van der Waals surface area contributed by atoms with E-state index in [0.29, 0.717) is 10.7 Å². The van der Waals surface area contributed by atoms with E-state index in [1.165, 1.54) is 6.26 Å². The van der Waals surface area contributed by atoms with Gasteiger partial charge in [0.05, 0.1) is 10.6 Å². The second kappa shape index (κ2) is 3.89. The summed E-state index contributed by atoms with van der Waals surface area (Å²) in [4.78, 5) is 0.296. The van der Waals surface area contributed by atoms with E-state index in [1.807, 2.05) is 0 Å². The summed E-state index contributed by atoms with van der Waals surface area (Å²) in [7, 11) is -1.40. The number of rotatable bonds is 2. The predicted molar refractivity (Wildman–Crippen MR) is 66.2 cm³/mol. The zero-order valence-corrected chi connectivity index (χ0v) is 10.4. The van der Waals surface area contributed by atoms with E-state index in [4.69, 9.17) is 5.73 Å². The monoisotopic (exact) mass is 251 g/mol. The average molecular weight is 251 g/mol. The number of hydrogen-bond donors (Lipinski definition) is 1. The molecule has 0 aliphatic rings. The molecule has 0 amide bonds. The SMILES string of the molecule is Cn1nc(-c2ccc(S(C)(=O)=O)cc2)cc1N. The van der Waals surface area contributed by atoms with Gasteiger partial charge >= 0.3 is 0 Å². The fourth-order valence-corrected chi connectivity index (χ4v) is 2.13. The zero-order chi connectivity index (χ0) is 12.6. The molecule has 6 heteroatoms. The third-order valence-corrected chi connectivity index (χ3v) is 3.62. The van der Waals surface area contributed by atoms with Crippen LogP contribution in [0.4, 0.5) is 5.82 Å². The second-order valence-corrected chi connectivity index (χ2v) is 5.89. The quantitative estimate of drug-likeness (QED) is 0.866. The third kappa shape index (κ3) is 2.31. The lowest BCUT2D eigenvalue weighted by Crippen LogP contribution is -1.97. The molecule has 0 radical (unpaired) electrons. The first-order chi connectivity index (χ1) is 7.88. The Balaban J connectivity index is 2.42. The van der Waals surface area contributed by atoms with Crippen molar-refractivity contribution in [1.29, 1.82) is 0 Å². The van der Waals surface area contributed by atoms with Gasteiger partial charge in [0, 0.05) is 24.9 Å². The Morgan fingerprint density at radius 2 is 1.82 bits per heavy atom. The summed E-state index contributed by atoms with van der Waals surface area (Å²) in [5, 5.41) is 4.21. The van der Waals surface area contributed by atoms with Crippen molar-refractivity contribution >= 4 is 15.7 Å². The number of hydrogen-bond acceptors (Lipinski definition) is 4. The highest BCUT2D eigenvalue weighted by Crippen LogP contribution is 2.21. The summed E-state index contributed by atoms with van der Waals surface area (Å²) in [6.45, 7) is 0. The van der Waals surface area contributed by atoms with E-state index in [2.05, 4.69) is 5.10 Å². The molecular formula is C11H13N3O2S. The number of nitrogen functional groups attached to an aromatic ring is 1. The largest absolute Gasteiger partial charge is 0.384 e. The van der Waals surface area contributed by atoms with Crippen LogP contribution in [0.3, 0.4) is 0 Å². The molecule has 0 saturated carbocycles. The average Bonchev–Trinajstić information content (AvgIpc) is 2.58. The molecule has 1 aromatic heterocycles. The van der Waals surface area contributed by atoms with Crippen LogP contribution in [0.15, 0.2) is 35.2 Å². The molecule has 90 valence electrons. The Morgan fingerprint density at radius 1 is 1.24 bits per heavy atom. The van der Waals surface area contributed by atoms with Gasteiger partial charge in [0.2, 0.25) is 0 Å². The summed E-state index contributed by atoms with van der Waals surface area (Å²) >= 11 is 0. The summed E-state index contributed by atoms with van der Waals surface area (Å²) in [6, 6.07) is 8.32. The van der Waals surface area contributed by atoms with Crippen molar-refractivity contribution in [3.8, 4) is 11.3 Å². The van der Waals surface area contributed by atoms with Crippen LogP contribution in [0.25, 0.3) is 11.3 Å². The van der Waals surface area contributed by atoms with Crippen LogP contribution < -0.4 is 5.73 Å². The Kier molecular flexibility index (Phi) is 2.66. The molecular weight excluding hydrogens is 238 g/mol. The molecule has 2 N–H and O–H groups in total. The van der Waals surface area contributed by atoms with Crippen LogP contribution >= 0.6 is 0 Å². The van der Waals surface area contributed by atoms with Gasteiger partial charge < -0.3 is 5.73 Å². The molecule has 5 nitrogen and oxygen atoms in total. The first kappa shape index (κ1) is 11.7. The Bertz CT molecular complexity index is 622. The van der Waals surface area contributed by atoms with Gasteiger partial charge in [-0.3, -0.25) is 4.68 Å². The third-order valence-electron chi connectivity index (χ3n) is 2.49. The number of nitrogens with zero attached hydrogens (tertiary/aromatic N) is 2. The summed E-state index contributed by atoms with van der Waals surface area (Å²) < 4.78 is 24.2. The molecule has 17 heavy (non-hydrogen) atoms. The second-order valence-electron chi connectivity index (χ2n) is 3.87. The Hall–Kier alpha value is -1.82. The van der Waals surface area contributed by atoms with E-state index < -0.39 is 9.84 Å². The smallest absolute Gasteiger partial charge is 0.175 e. The Labute approximate surface area is 99.8 Å². The van der Waals surface area contributed by atoms with Gasteiger partial charge in [0.15, 0.2) is 9.84 Å². The van der Waals surface area contributed by atoms with E-state index in [-0.39, 0.29) is 0 Å². The van der Waals surface area contributed by atoms with Crippen molar-refractivity contribution in [3.63, 3.8) is 0 Å².